The van der Waals surface area contributed by atoms with Crippen LogP contribution in [0, 0.1) is 5.92 Å². The van der Waals surface area contributed by atoms with Crippen LogP contribution >= 0.6 is 7.92 Å². The summed E-state index contributed by atoms with van der Waals surface area (Å²) in [7, 11) is 4.90. The van der Waals surface area contributed by atoms with Crippen molar-refractivity contribution in [3.63, 3.8) is 0 Å². The molecule has 4 atom stereocenters. The van der Waals surface area contributed by atoms with Crippen LogP contribution < -0.4 is 0 Å². The van der Waals surface area contributed by atoms with Crippen LogP contribution in [-0.4, -0.2) is 42.0 Å². The van der Waals surface area contributed by atoms with Gasteiger partial charge in [-0.05, 0) is 82.4 Å². The molecule has 0 aromatic rings. The van der Waals surface area contributed by atoms with E-state index in [4.69, 9.17) is 0 Å². The van der Waals surface area contributed by atoms with E-state index in [1.807, 2.05) is 0 Å². The van der Waals surface area contributed by atoms with Gasteiger partial charge in [0.1, 0.15) is 0 Å². The minimum Gasteiger partial charge on any atom is -0.306 e. The van der Waals surface area contributed by atoms with Gasteiger partial charge in [0.05, 0.1) is 0 Å². The number of hydrogen-bond donors (Lipinski definition) is 0. The molecule has 0 bridgehead atoms. The molecule has 3 fully saturated rings. The maximum absolute atomic E-state index is 2.51. The molecule has 3 aliphatic rings. The molecule has 0 aliphatic heterocycles. The Kier molecular flexibility index (Phi) is 6.24. The fourth-order valence-corrected chi connectivity index (χ4v) is 10.6. The standard InChI is InChI=1S/C20H38NP/c1-16(21(2)3)19-14-9-15-20(19)22(18-12-7-8-13-18)17-10-5-4-6-11-17/h16-20H,4-15H2,1-3H3. The molecule has 0 aromatic heterocycles. The Balaban J connectivity index is 1.77. The fraction of sp³-hybridized carbons (Fsp3) is 1.00. The highest BCUT2D eigenvalue weighted by Gasteiger charge is 2.43. The summed E-state index contributed by atoms with van der Waals surface area (Å²) in [5.74, 6) is 1.00. The van der Waals surface area contributed by atoms with Crippen LogP contribution in [0.1, 0.15) is 84.0 Å². The van der Waals surface area contributed by atoms with Gasteiger partial charge >= 0.3 is 0 Å². The molecule has 1 nitrogen and oxygen atoms in total. The van der Waals surface area contributed by atoms with E-state index in [2.05, 4.69) is 25.9 Å². The average molecular weight is 324 g/mol. The molecule has 128 valence electrons. The third-order valence-corrected chi connectivity index (χ3v) is 11.2. The molecule has 0 N–H and O–H groups in total. The summed E-state index contributed by atoms with van der Waals surface area (Å²) in [4.78, 5) is 2.51. The largest absolute Gasteiger partial charge is 0.306 e. The quantitative estimate of drug-likeness (QED) is 0.573. The summed E-state index contributed by atoms with van der Waals surface area (Å²) in [5, 5.41) is 0. The zero-order valence-electron chi connectivity index (χ0n) is 15.3. The number of nitrogens with zero attached hydrogens (tertiary/aromatic N) is 1. The first-order valence-corrected chi connectivity index (χ1v) is 11.7. The van der Waals surface area contributed by atoms with Crippen LogP contribution in [0.2, 0.25) is 0 Å². The Morgan fingerprint density at radius 1 is 0.727 bits per heavy atom. The minimum atomic E-state index is 0.296. The lowest BCUT2D eigenvalue weighted by atomic mass is 9.98. The van der Waals surface area contributed by atoms with Crippen molar-refractivity contribution in [2.75, 3.05) is 14.1 Å². The van der Waals surface area contributed by atoms with Gasteiger partial charge in [-0.15, -0.1) is 0 Å². The molecule has 22 heavy (non-hydrogen) atoms. The van der Waals surface area contributed by atoms with Gasteiger partial charge in [0.25, 0.3) is 0 Å². The summed E-state index contributed by atoms with van der Waals surface area (Å²) >= 11 is 0. The molecule has 0 heterocycles. The Labute approximate surface area is 140 Å². The highest BCUT2D eigenvalue weighted by atomic mass is 31.1. The van der Waals surface area contributed by atoms with Gasteiger partial charge in [0, 0.05) is 6.04 Å². The molecule has 0 radical (unpaired) electrons. The topological polar surface area (TPSA) is 3.24 Å². The summed E-state index contributed by atoms with van der Waals surface area (Å²) in [5.41, 5.74) is 3.41. The van der Waals surface area contributed by atoms with E-state index < -0.39 is 0 Å². The predicted octanol–water partition coefficient (Wildman–Crippen LogP) is 5.86. The average Bonchev–Trinajstić information content (AvgIpc) is 3.20. The fourth-order valence-electron chi connectivity index (χ4n) is 5.71. The first-order chi connectivity index (χ1) is 10.7. The lowest BCUT2D eigenvalue weighted by molar-refractivity contribution is 0.231. The first kappa shape index (κ1) is 17.2. The van der Waals surface area contributed by atoms with Crippen molar-refractivity contribution in [1.29, 1.82) is 0 Å². The molecule has 4 unspecified atom stereocenters. The third kappa shape index (κ3) is 3.72. The van der Waals surface area contributed by atoms with Crippen molar-refractivity contribution in [2.45, 2.75) is 107 Å². The summed E-state index contributed by atoms with van der Waals surface area (Å²) in [6, 6.07) is 0.794. The summed E-state index contributed by atoms with van der Waals surface area (Å²) in [6.07, 6.45) is 18.6. The van der Waals surface area contributed by atoms with E-state index in [1.54, 1.807) is 32.1 Å². The first-order valence-electron chi connectivity index (χ1n) is 10.1. The third-order valence-electron chi connectivity index (χ3n) is 7.09. The van der Waals surface area contributed by atoms with Crippen LogP contribution in [-0.2, 0) is 0 Å². The minimum absolute atomic E-state index is 0.296. The van der Waals surface area contributed by atoms with E-state index in [0.29, 0.717) is 7.92 Å². The van der Waals surface area contributed by atoms with E-state index in [9.17, 15) is 0 Å². The molecule has 0 saturated heterocycles. The van der Waals surface area contributed by atoms with Gasteiger partial charge in [0.15, 0.2) is 0 Å². The Morgan fingerprint density at radius 3 is 1.82 bits per heavy atom. The second kappa shape index (κ2) is 7.98. The van der Waals surface area contributed by atoms with Crippen molar-refractivity contribution in [3.8, 4) is 0 Å². The van der Waals surface area contributed by atoms with Gasteiger partial charge in [-0.2, -0.15) is 0 Å². The highest BCUT2D eigenvalue weighted by Crippen LogP contribution is 2.64. The van der Waals surface area contributed by atoms with Crippen LogP contribution in [0.4, 0.5) is 0 Å². The summed E-state index contributed by atoms with van der Waals surface area (Å²) in [6.45, 7) is 2.51. The molecule has 3 rings (SSSR count). The molecule has 0 amide bonds. The van der Waals surface area contributed by atoms with Crippen molar-refractivity contribution in [3.05, 3.63) is 0 Å². The van der Waals surface area contributed by atoms with Gasteiger partial charge in [-0.1, -0.05) is 46.4 Å². The molecule has 3 saturated carbocycles. The van der Waals surface area contributed by atoms with Gasteiger partial charge in [0.2, 0.25) is 0 Å². The second-order valence-corrected chi connectivity index (χ2v) is 11.6. The molecule has 2 heteroatoms. The zero-order valence-corrected chi connectivity index (χ0v) is 16.2. The monoisotopic (exact) mass is 323 g/mol. The van der Waals surface area contributed by atoms with E-state index in [-0.39, 0.29) is 0 Å². The Hall–Kier alpha value is 0.390. The molecular formula is C20H38NP. The maximum Gasteiger partial charge on any atom is 0.00951 e. The lowest BCUT2D eigenvalue weighted by Gasteiger charge is -2.43. The van der Waals surface area contributed by atoms with Crippen molar-refractivity contribution >= 4 is 7.92 Å². The van der Waals surface area contributed by atoms with Crippen LogP contribution in [0.3, 0.4) is 0 Å². The van der Waals surface area contributed by atoms with Crippen LogP contribution in [0.5, 0.6) is 0 Å². The summed E-state index contributed by atoms with van der Waals surface area (Å²) < 4.78 is 0. The van der Waals surface area contributed by atoms with Gasteiger partial charge in [-0.25, -0.2) is 0 Å². The molecule has 0 spiro atoms. The zero-order chi connectivity index (χ0) is 15.5. The number of hydrogen-bond acceptors (Lipinski definition) is 1. The maximum atomic E-state index is 2.51. The molecule has 3 aliphatic carbocycles. The van der Waals surface area contributed by atoms with Crippen molar-refractivity contribution in [1.82, 2.24) is 4.90 Å². The SMILES string of the molecule is CC(C1CCCC1P(C1CCCCC1)C1CCCC1)N(C)C. The predicted molar refractivity (Wildman–Crippen MR) is 100 cm³/mol. The second-order valence-electron chi connectivity index (χ2n) is 8.54. The van der Waals surface area contributed by atoms with Crippen LogP contribution in [0.25, 0.3) is 0 Å². The van der Waals surface area contributed by atoms with Crippen molar-refractivity contribution in [2.24, 2.45) is 5.92 Å². The smallest absolute Gasteiger partial charge is 0.00951 e. The van der Waals surface area contributed by atoms with Gasteiger partial charge in [-0.3, -0.25) is 0 Å². The van der Waals surface area contributed by atoms with Gasteiger partial charge < -0.3 is 4.90 Å². The molecular weight excluding hydrogens is 285 g/mol. The van der Waals surface area contributed by atoms with Crippen LogP contribution in [0.15, 0.2) is 0 Å². The lowest BCUT2D eigenvalue weighted by Crippen LogP contribution is -2.38. The van der Waals surface area contributed by atoms with Crippen molar-refractivity contribution < 1.29 is 0 Å². The van der Waals surface area contributed by atoms with E-state index in [0.717, 1.165) is 28.9 Å². The molecule has 0 aromatic carbocycles. The highest BCUT2D eigenvalue weighted by molar-refractivity contribution is 7.60. The van der Waals surface area contributed by atoms with E-state index >= 15 is 0 Å². The normalized spacial score (nSPS) is 34.4. The Bertz CT molecular complexity index is 331. The Morgan fingerprint density at radius 2 is 1.27 bits per heavy atom. The van der Waals surface area contributed by atoms with E-state index in [1.165, 1.54) is 44.9 Å². The number of rotatable bonds is 5.